The third-order valence-electron chi connectivity index (χ3n) is 3.98. The Hall–Kier alpha value is -2.03. The number of thioether (sulfide) groups is 1. The van der Waals surface area contributed by atoms with Crippen LogP contribution in [0.25, 0.3) is 0 Å². The summed E-state index contributed by atoms with van der Waals surface area (Å²) in [6, 6.07) is 13.1. The Morgan fingerprint density at radius 1 is 1.25 bits per heavy atom. The first-order valence-electron chi connectivity index (χ1n) is 8.35. The van der Waals surface area contributed by atoms with Gasteiger partial charge in [0.1, 0.15) is 11.6 Å². The molecule has 1 aromatic heterocycles. The summed E-state index contributed by atoms with van der Waals surface area (Å²) >= 11 is 10.7. The second kappa shape index (κ2) is 9.45. The van der Waals surface area contributed by atoms with Crippen molar-refractivity contribution in [3.63, 3.8) is 0 Å². The number of benzene rings is 2. The zero-order chi connectivity index (χ0) is 20.1. The van der Waals surface area contributed by atoms with Crippen LogP contribution in [0.2, 0.25) is 5.02 Å². The highest BCUT2D eigenvalue weighted by molar-refractivity contribution is 9.10. The smallest absolute Gasteiger partial charge is 0.234 e. The number of rotatable bonds is 7. The van der Waals surface area contributed by atoms with Crippen LogP contribution in [-0.4, -0.2) is 33.5 Å². The van der Waals surface area contributed by atoms with Gasteiger partial charge >= 0.3 is 0 Å². The predicted molar refractivity (Wildman–Crippen MR) is 115 cm³/mol. The van der Waals surface area contributed by atoms with Crippen molar-refractivity contribution in [3.8, 4) is 5.75 Å². The summed E-state index contributed by atoms with van der Waals surface area (Å²) in [4.78, 5) is 12.2. The van der Waals surface area contributed by atoms with Gasteiger partial charge in [0, 0.05) is 23.6 Å². The Bertz CT molecular complexity index is 979. The van der Waals surface area contributed by atoms with Crippen molar-refractivity contribution in [2.75, 3.05) is 18.2 Å². The van der Waals surface area contributed by atoms with Crippen LogP contribution in [0.3, 0.4) is 0 Å². The van der Waals surface area contributed by atoms with E-state index in [0.29, 0.717) is 22.3 Å². The Morgan fingerprint density at radius 2 is 2.00 bits per heavy atom. The summed E-state index contributed by atoms with van der Waals surface area (Å²) in [6.07, 6.45) is 0.650. The van der Waals surface area contributed by atoms with Gasteiger partial charge in [0.2, 0.25) is 5.91 Å². The van der Waals surface area contributed by atoms with Crippen LogP contribution in [0.5, 0.6) is 5.75 Å². The molecular formula is C19H18BrClN4O2S. The average Bonchev–Trinajstić information content (AvgIpc) is 3.03. The number of nitrogens with one attached hydrogen (secondary N) is 1. The third kappa shape index (κ3) is 5.27. The number of halogens is 2. The van der Waals surface area contributed by atoms with Gasteiger partial charge in [-0.3, -0.25) is 4.79 Å². The molecule has 28 heavy (non-hydrogen) atoms. The van der Waals surface area contributed by atoms with E-state index in [2.05, 4.69) is 31.4 Å². The molecule has 1 amide bonds. The number of carbonyl (C=O) groups is 1. The topological polar surface area (TPSA) is 69.0 Å². The Kier molecular flexibility index (Phi) is 6.98. The number of amides is 1. The molecule has 0 fully saturated rings. The molecule has 0 aliphatic rings. The van der Waals surface area contributed by atoms with Crippen LogP contribution in [0, 0.1) is 0 Å². The number of nitrogens with zero attached hydrogens (tertiary/aromatic N) is 3. The zero-order valence-corrected chi connectivity index (χ0v) is 18.4. The number of aromatic nitrogens is 3. The largest absolute Gasteiger partial charge is 0.497 e. The van der Waals surface area contributed by atoms with Crippen LogP contribution in [0.15, 0.2) is 52.1 Å². The van der Waals surface area contributed by atoms with Crippen molar-refractivity contribution in [2.45, 2.75) is 11.6 Å². The highest BCUT2D eigenvalue weighted by Crippen LogP contribution is 2.26. The van der Waals surface area contributed by atoms with Crippen LogP contribution in [0.4, 0.5) is 5.69 Å². The Balaban J connectivity index is 1.57. The standard InChI is InChI=1S/C19H18BrClN4O2S/c1-25-17(9-12-3-6-14(27-2)7-4-12)23-24-19(25)28-11-18(26)22-13-5-8-15(20)16(21)10-13/h3-8,10H,9,11H2,1-2H3,(H,22,26). The van der Waals surface area contributed by atoms with Crippen molar-refractivity contribution >= 4 is 50.9 Å². The summed E-state index contributed by atoms with van der Waals surface area (Å²) in [7, 11) is 3.54. The van der Waals surface area contributed by atoms with E-state index in [1.54, 1.807) is 25.3 Å². The molecule has 1 N–H and O–H groups in total. The molecule has 3 aromatic rings. The first kappa shape index (κ1) is 20.7. The fourth-order valence-corrected chi connectivity index (χ4v) is 3.61. The fourth-order valence-electron chi connectivity index (χ4n) is 2.45. The Labute approximate surface area is 180 Å². The third-order valence-corrected chi connectivity index (χ3v) is 6.23. The predicted octanol–water partition coefficient (Wildman–Crippen LogP) is 4.56. The van der Waals surface area contributed by atoms with Gasteiger partial charge in [-0.2, -0.15) is 0 Å². The molecular weight excluding hydrogens is 464 g/mol. The van der Waals surface area contributed by atoms with E-state index in [9.17, 15) is 4.79 Å². The maximum Gasteiger partial charge on any atom is 0.234 e. The molecule has 2 aromatic carbocycles. The normalized spacial score (nSPS) is 10.7. The molecule has 9 heteroatoms. The maximum atomic E-state index is 12.2. The van der Waals surface area contributed by atoms with Gasteiger partial charge in [-0.05, 0) is 51.8 Å². The summed E-state index contributed by atoms with van der Waals surface area (Å²) in [6.45, 7) is 0. The molecule has 3 rings (SSSR count). The van der Waals surface area contributed by atoms with E-state index < -0.39 is 0 Å². The molecule has 146 valence electrons. The van der Waals surface area contributed by atoms with Crippen molar-refractivity contribution in [2.24, 2.45) is 7.05 Å². The number of hydrogen-bond donors (Lipinski definition) is 1. The SMILES string of the molecule is COc1ccc(Cc2nnc(SCC(=O)Nc3ccc(Br)c(Cl)c3)n2C)cc1. The lowest BCUT2D eigenvalue weighted by Crippen LogP contribution is -2.14. The van der Waals surface area contributed by atoms with Gasteiger partial charge < -0.3 is 14.6 Å². The molecule has 0 saturated carbocycles. The summed E-state index contributed by atoms with van der Waals surface area (Å²) in [5.74, 6) is 1.73. The minimum Gasteiger partial charge on any atom is -0.497 e. The lowest BCUT2D eigenvalue weighted by atomic mass is 10.1. The van der Waals surface area contributed by atoms with E-state index in [1.807, 2.05) is 35.9 Å². The number of ether oxygens (including phenoxy) is 1. The lowest BCUT2D eigenvalue weighted by Gasteiger charge is -2.07. The maximum absolute atomic E-state index is 12.2. The second-order valence-corrected chi connectivity index (χ2v) is 8.15. The van der Waals surface area contributed by atoms with Gasteiger partial charge in [-0.15, -0.1) is 10.2 Å². The van der Waals surface area contributed by atoms with Crippen LogP contribution in [-0.2, 0) is 18.3 Å². The molecule has 1 heterocycles. The molecule has 0 aliphatic heterocycles. The van der Waals surface area contributed by atoms with Crippen LogP contribution in [0.1, 0.15) is 11.4 Å². The van der Waals surface area contributed by atoms with Gasteiger partial charge in [-0.25, -0.2) is 0 Å². The monoisotopic (exact) mass is 480 g/mol. The zero-order valence-electron chi connectivity index (χ0n) is 15.3. The molecule has 0 saturated heterocycles. The van der Waals surface area contributed by atoms with Gasteiger partial charge in [0.25, 0.3) is 0 Å². The van der Waals surface area contributed by atoms with Gasteiger partial charge in [0.15, 0.2) is 5.16 Å². The summed E-state index contributed by atoms with van der Waals surface area (Å²) < 4.78 is 7.86. The quantitative estimate of drug-likeness (QED) is 0.501. The second-order valence-electron chi connectivity index (χ2n) is 5.95. The van der Waals surface area contributed by atoms with E-state index in [-0.39, 0.29) is 11.7 Å². The summed E-state index contributed by atoms with van der Waals surface area (Å²) in [5, 5.41) is 12.5. The van der Waals surface area contributed by atoms with Gasteiger partial charge in [-0.1, -0.05) is 35.5 Å². The number of carbonyl (C=O) groups excluding carboxylic acids is 1. The van der Waals surface area contributed by atoms with Crippen molar-refractivity contribution < 1.29 is 9.53 Å². The van der Waals surface area contributed by atoms with E-state index >= 15 is 0 Å². The van der Waals surface area contributed by atoms with Crippen LogP contribution >= 0.6 is 39.3 Å². The fraction of sp³-hybridized carbons (Fsp3) is 0.211. The minimum absolute atomic E-state index is 0.136. The number of hydrogen-bond acceptors (Lipinski definition) is 5. The molecule has 0 radical (unpaired) electrons. The van der Waals surface area contributed by atoms with E-state index in [4.69, 9.17) is 16.3 Å². The minimum atomic E-state index is -0.136. The lowest BCUT2D eigenvalue weighted by molar-refractivity contribution is -0.113. The molecule has 0 aliphatic carbocycles. The first-order valence-corrected chi connectivity index (χ1v) is 10.5. The molecule has 0 atom stereocenters. The van der Waals surface area contributed by atoms with Crippen molar-refractivity contribution in [1.82, 2.24) is 14.8 Å². The van der Waals surface area contributed by atoms with E-state index in [1.165, 1.54) is 11.8 Å². The van der Waals surface area contributed by atoms with E-state index in [0.717, 1.165) is 21.6 Å². The first-order chi connectivity index (χ1) is 13.5. The molecule has 6 nitrogen and oxygen atoms in total. The number of methoxy groups -OCH3 is 1. The molecule has 0 spiro atoms. The van der Waals surface area contributed by atoms with Crippen LogP contribution < -0.4 is 10.1 Å². The van der Waals surface area contributed by atoms with Gasteiger partial charge in [0.05, 0.1) is 17.9 Å². The summed E-state index contributed by atoms with van der Waals surface area (Å²) in [5.41, 5.74) is 1.76. The Morgan fingerprint density at radius 3 is 2.68 bits per heavy atom. The number of anilines is 1. The van der Waals surface area contributed by atoms with Crippen molar-refractivity contribution in [3.05, 3.63) is 63.3 Å². The highest BCUT2D eigenvalue weighted by Gasteiger charge is 2.12. The van der Waals surface area contributed by atoms with Crippen molar-refractivity contribution in [1.29, 1.82) is 0 Å². The highest BCUT2D eigenvalue weighted by atomic mass is 79.9. The average molecular weight is 482 g/mol. The molecule has 0 bridgehead atoms. The molecule has 0 unspecified atom stereocenters.